The monoisotopic (exact) mass is 361 g/mol. The van der Waals surface area contributed by atoms with Gasteiger partial charge in [0.1, 0.15) is 11.8 Å². The van der Waals surface area contributed by atoms with E-state index in [1.165, 1.54) is 11.3 Å². The van der Waals surface area contributed by atoms with Gasteiger partial charge in [0.05, 0.1) is 5.69 Å². The molecule has 1 atom stereocenters. The number of thiazole rings is 1. The van der Waals surface area contributed by atoms with Gasteiger partial charge < -0.3 is 15.4 Å². The minimum atomic E-state index is -0.656. The molecule has 0 aliphatic heterocycles. The first-order valence-corrected chi connectivity index (χ1v) is 8.90. The quantitative estimate of drug-likeness (QED) is 0.795. The van der Waals surface area contributed by atoms with E-state index in [2.05, 4.69) is 15.6 Å². The lowest BCUT2D eigenvalue weighted by Gasteiger charge is -2.21. The van der Waals surface area contributed by atoms with E-state index in [9.17, 15) is 9.59 Å². The van der Waals surface area contributed by atoms with Crippen molar-refractivity contribution in [2.24, 2.45) is 5.92 Å². The number of nitrogens with zero attached hydrogens (tertiary/aromatic N) is 1. The van der Waals surface area contributed by atoms with E-state index in [0.717, 1.165) is 10.6 Å². The highest BCUT2D eigenvalue weighted by molar-refractivity contribution is 7.15. The first kappa shape index (κ1) is 18.9. The standard InChI is InChI=1S/C18H23N3O3S/c1-11(2)16(17(23)21-18-19-12(3)13(4)25-18)20-15(22)10-24-14-8-6-5-7-9-14/h5-9,11,16H,10H2,1-4H3,(H,20,22)(H,19,21,23). The number of carbonyl (C=O) groups is 2. The molecule has 134 valence electrons. The average Bonchev–Trinajstić information content (AvgIpc) is 2.88. The van der Waals surface area contributed by atoms with Gasteiger partial charge in [0.25, 0.3) is 5.91 Å². The summed E-state index contributed by atoms with van der Waals surface area (Å²) in [5.41, 5.74) is 0.890. The van der Waals surface area contributed by atoms with Crippen LogP contribution in [0.3, 0.4) is 0 Å². The Morgan fingerprint density at radius 1 is 1.20 bits per heavy atom. The third kappa shape index (κ3) is 5.56. The van der Waals surface area contributed by atoms with Crippen LogP contribution >= 0.6 is 11.3 Å². The van der Waals surface area contributed by atoms with Crippen molar-refractivity contribution in [1.82, 2.24) is 10.3 Å². The average molecular weight is 361 g/mol. The maximum Gasteiger partial charge on any atom is 0.258 e. The molecule has 0 bridgehead atoms. The number of nitrogens with one attached hydrogen (secondary N) is 2. The maximum absolute atomic E-state index is 12.5. The van der Waals surface area contributed by atoms with Crippen molar-refractivity contribution < 1.29 is 14.3 Å². The van der Waals surface area contributed by atoms with Crippen LogP contribution in [0.2, 0.25) is 0 Å². The van der Waals surface area contributed by atoms with Gasteiger partial charge in [0.15, 0.2) is 11.7 Å². The molecule has 1 aromatic carbocycles. The van der Waals surface area contributed by atoms with Crippen LogP contribution in [-0.4, -0.2) is 29.4 Å². The van der Waals surface area contributed by atoms with Crippen molar-refractivity contribution in [2.75, 3.05) is 11.9 Å². The number of anilines is 1. The zero-order chi connectivity index (χ0) is 18.4. The van der Waals surface area contributed by atoms with Crippen LogP contribution in [-0.2, 0) is 9.59 Å². The van der Waals surface area contributed by atoms with E-state index < -0.39 is 6.04 Å². The minimum absolute atomic E-state index is 0.0668. The molecule has 0 aliphatic rings. The van der Waals surface area contributed by atoms with E-state index in [4.69, 9.17) is 4.74 Å². The summed E-state index contributed by atoms with van der Waals surface area (Å²) in [5.74, 6) is -0.0826. The van der Waals surface area contributed by atoms with Gasteiger partial charge in [-0.15, -0.1) is 11.3 Å². The highest BCUT2D eigenvalue weighted by atomic mass is 32.1. The van der Waals surface area contributed by atoms with Crippen LogP contribution in [0.25, 0.3) is 0 Å². The molecule has 0 aliphatic carbocycles. The lowest BCUT2D eigenvalue weighted by molar-refractivity contribution is -0.128. The molecule has 0 saturated heterocycles. The Labute approximate surface area is 151 Å². The number of hydrogen-bond donors (Lipinski definition) is 2. The molecule has 2 amide bonds. The summed E-state index contributed by atoms with van der Waals surface area (Å²) in [7, 11) is 0. The van der Waals surface area contributed by atoms with Crippen LogP contribution in [0.1, 0.15) is 24.4 Å². The number of hydrogen-bond acceptors (Lipinski definition) is 5. The van der Waals surface area contributed by atoms with Crippen molar-refractivity contribution in [3.63, 3.8) is 0 Å². The van der Waals surface area contributed by atoms with Gasteiger partial charge >= 0.3 is 0 Å². The van der Waals surface area contributed by atoms with Gasteiger partial charge in [-0.3, -0.25) is 9.59 Å². The summed E-state index contributed by atoms with van der Waals surface area (Å²) in [4.78, 5) is 30.0. The Hall–Kier alpha value is -2.41. The van der Waals surface area contributed by atoms with Crippen LogP contribution in [0, 0.1) is 19.8 Å². The second-order valence-electron chi connectivity index (χ2n) is 6.04. The summed E-state index contributed by atoms with van der Waals surface area (Å²) in [5, 5.41) is 6.05. The SMILES string of the molecule is Cc1nc(NC(=O)C(NC(=O)COc2ccccc2)C(C)C)sc1C. The summed E-state index contributed by atoms with van der Waals surface area (Å²) >= 11 is 1.42. The molecule has 1 unspecified atom stereocenters. The molecule has 0 fully saturated rings. The molecule has 0 saturated carbocycles. The molecule has 0 radical (unpaired) electrons. The van der Waals surface area contributed by atoms with Gasteiger partial charge in [-0.2, -0.15) is 0 Å². The minimum Gasteiger partial charge on any atom is -0.484 e. The second-order valence-corrected chi connectivity index (χ2v) is 7.24. The molecule has 7 heteroatoms. The number of aromatic nitrogens is 1. The van der Waals surface area contributed by atoms with Crippen molar-refractivity contribution in [3.05, 3.63) is 40.9 Å². The fourth-order valence-electron chi connectivity index (χ4n) is 2.13. The van der Waals surface area contributed by atoms with Crippen LogP contribution in [0.5, 0.6) is 5.75 Å². The number of ether oxygens (including phenoxy) is 1. The lowest BCUT2D eigenvalue weighted by atomic mass is 10.0. The summed E-state index contributed by atoms with van der Waals surface area (Å²) < 4.78 is 5.41. The normalized spacial score (nSPS) is 11.9. The van der Waals surface area contributed by atoms with Gasteiger partial charge in [0, 0.05) is 4.88 Å². The Kier molecular flexibility index (Phi) is 6.52. The molecule has 0 spiro atoms. The third-order valence-electron chi connectivity index (χ3n) is 3.64. The molecule has 2 N–H and O–H groups in total. The van der Waals surface area contributed by atoms with Crippen LogP contribution in [0.15, 0.2) is 30.3 Å². The molecule has 6 nitrogen and oxygen atoms in total. The molecule has 25 heavy (non-hydrogen) atoms. The highest BCUT2D eigenvalue weighted by Crippen LogP contribution is 2.21. The topological polar surface area (TPSA) is 80.3 Å². The lowest BCUT2D eigenvalue weighted by Crippen LogP contribution is -2.48. The summed E-state index contributed by atoms with van der Waals surface area (Å²) in [6.07, 6.45) is 0. The third-order valence-corrected chi connectivity index (χ3v) is 4.63. The number of amides is 2. The first-order chi connectivity index (χ1) is 11.9. The number of aryl methyl sites for hydroxylation is 2. The van der Waals surface area contributed by atoms with Crippen molar-refractivity contribution in [1.29, 1.82) is 0 Å². The number of benzene rings is 1. The predicted octanol–water partition coefficient (Wildman–Crippen LogP) is 2.92. The fourth-order valence-corrected chi connectivity index (χ4v) is 2.94. The molecule has 2 aromatic rings. The molecule has 1 heterocycles. The Morgan fingerprint density at radius 2 is 1.88 bits per heavy atom. The van der Waals surface area contributed by atoms with E-state index in [0.29, 0.717) is 10.9 Å². The largest absolute Gasteiger partial charge is 0.484 e. The Balaban J connectivity index is 1.92. The number of rotatable bonds is 7. The summed E-state index contributed by atoms with van der Waals surface area (Å²) in [6, 6.07) is 8.41. The molecule has 2 rings (SSSR count). The van der Waals surface area contributed by atoms with Crippen LogP contribution < -0.4 is 15.4 Å². The second kappa shape index (κ2) is 8.62. The molecular weight excluding hydrogens is 338 g/mol. The van der Waals surface area contributed by atoms with E-state index in [1.807, 2.05) is 45.9 Å². The van der Waals surface area contributed by atoms with Crippen molar-refractivity contribution >= 4 is 28.3 Å². The fraction of sp³-hybridized carbons (Fsp3) is 0.389. The zero-order valence-electron chi connectivity index (χ0n) is 14.8. The van der Waals surface area contributed by atoms with Crippen molar-refractivity contribution in [3.8, 4) is 5.75 Å². The smallest absolute Gasteiger partial charge is 0.258 e. The predicted molar refractivity (Wildman–Crippen MR) is 98.9 cm³/mol. The number of carbonyl (C=O) groups excluding carboxylic acids is 2. The maximum atomic E-state index is 12.5. The highest BCUT2D eigenvalue weighted by Gasteiger charge is 2.25. The Bertz CT molecular complexity index is 709. The summed E-state index contributed by atoms with van der Waals surface area (Å²) in [6.45, 7) is 7.45. The van der Waals surface area contributed by atoms with Gasteiger partial charge in [0.2, 0.25) is 5.91 Å². The zero-order valence-corrected chi connectivity index (χ0v) is 15.6. The van der Waals surface area contributed by atoms with Gasteiger partial charge in [-0.25, -0.2) is 4.98 Å². The first-order valence-electron chi connectivity index (χ1n) is 8.09. The van der Waals surface area contributed by atoms with Gasteiger partial charge in [-0.05, 0) is 31.9 Å². The number of para-hydroxylation sites is 1. The van der Waals surface area contributed by atoms with Crippen molar-refractivity contribution in [2.45, 2.75) is 33.7 Å². The van der Waals surface area contributed by atoms with E-state index in [1.54, 1.807) is 12.1 Å². The molecular formula is C18H23N3O3S. The van der Waals surface area contributed by atoms with Gasteiger partial charge in [-0.1, -0.05) is 32.0 Å². The van der Waals surface area contributed by atoms with Crippen LogP contribution in [0.4, 0.5) is 5.13 Å². The van der Waals surface area contributed by atoms with E-state index in [-0.39, 0.29) is 24.3 Å². The Morgan fingerprint density at radius 3 is 2.44 bits per heavy atom. The van der Waals surface area contributed by atoms with E-state index >= 15 is 0 Å². The molecule has 1 aromatic heterocycles.